The van der Waals surface area contributed by atoms with E-state index in [1.54, 1.807) is 7.11 Å². The first-order chi connectivity index (χ1) is 9.22. The first kappa shape index (κ1) is 16.3. The van der Waals surface area contributed by atoms with Crippen LogP contribution in [0.15, 0.2) is 18.2 Å². The van der Waals surface area contributed by atoms with Crippen molar-refractivity contribution in [1.82, 2.24) is 5.32 Å². The van der Waals surface area contributed by atoms with Crippen molar-refractivity contribution >= 4 is 11.6 Å². The molecule has 0 heterocycles. The van der Waals surface area contributed by atoms with E-state index in [4.69, 9.17) is 21.1 Å². The minimum Gasteiger partial charge on any atom is -0.496 e. The number of methoxy groups -OCH3 is 1. The summed E-state index contributed by atoms with van der Waals surface area (Å²) in [5.41, 5.74) is 1.10. The zero-order chi connectivity index (χ0) is 14.1. The molecule has 1 aromatic carbocycles. The number of hydrogen-bond donors (Lipinski definition) is 1. The standard InChI is InChI=1S/C15H24ClNO2/c1-4-9-17-14(8-10-19-5-2)13-11-12(16)6-7-15(13)18-3/h6-7,11,14,17H,4-5,8-10H2,1-3H3. The lowest BCUT2D eigenvalue weighted by atomic mass is 10.0. The van der Waals surface area contributed by atoms with E-state index in [0.29, 0.717) is 0 Å². The molecule has 0 aliphatic heterocycles. The number of nitrogens with one attached hydrogen (secondary N) is 1. The number of benzene rings is 1. The Morgan fingerprint density at radius 3 is 2.74 bits per heavy atom. The second-order valence-electron chi connectivity index (χ2n) is 4.38. The maximum absolute atomic E-state index is 6.10. The quantitative estimate of drug-likeness (QED) is 0.700. The number of hydrogen-bond acceptors (Lipinski definition) is 3. The van der Waals surface area contributed by atoms with Gasteiger partial charge in [0.15, 0.2) is 0 Å². The van der Waals surface area contributed by atoms with Gasteiger partial charge < -0.3 is 14.8 Å². The lowest BCUT2D eigenvalue weighted by Crippen LogP contribution is -2.24. The molecule has 1 atom stereocenters. The van der Waals surface area contributed by atoms with E-state index in [1.165, 1.54) is 0 Å². The van der Waals surface area contributed by atoms with E-state index in [1.807, 2.05) is 25.1 Å². The summed E-state index contributed by atoms with van der Waals surface area (Å²) in [6.45, 7) is 6.60. The van der Waals surface area contributed by atoms with Crippen molar-refractivity contribution in [3.8, 4) is 5.75 Å². The van der Waals surface area contributed by atoms with Crippen molar-refractivity contribution in [1.29, 1.82) is 0 Å². The third-order valence-electron chi connectivity index (χ3n) is 2.96. The van der Waals surface area contributed by atoms with E-state index in [9.17, 15) is 0 Å². The molecule has 0 aromatic heterocycles. The summed E-state index contributed by atoms with van der Waals surface area (Å²) >= 11 is 6.10. The van der Waals surface area contributed by atoms with Gasteiger partial charge in [0, 0.05) is 29.8 Å². The van der Waals surface area contributed by atoms with E-state index < -0.39 is 0 Å². The fraction of sp³-hybridized carbons (Fsp3) is 0.600. The van der Waals surface area contributed by atoms with Gasteiger partial charge in [-0.1, -0.05) is 18.5 Å². The summed E-state index contributed by atoms with van der Waals surface area (Å²) in [7, 11) is 1.69. The van der Waals surface area contributed by atoms with Crippen LogP contribution in [-0.4, -0.2) is 26.9 Å². The highest BCUT2D eigenvalue weighted by molar-refractivity contribution is 6.30. The predicted molar refractivity (Wildman–Crippen MR) is 80.1 cm³/mol. The Kier molecular flexibility index (Phi) is 7.87. The van der Waals surface area contributed by atoms with Crippen LogP contribution in [0.4, 0.5) is 0 Å². The Balaban J connectivity index is 2.84. The van der Waals surface area contributed by atoms with Gasteiger partial charge in [-0.2, -0.15) is 0 Å². The molecule has 0 radical (unpaired) electrons. The van der Waals surface area contributed by atoms with Crippen LogP contribution in [0.1, 0.15) is 38.3 Å². The Hall–Kier alpha value is -0.770. The zero-order valence-electron chi connectivity index (χ0n) is 12.0. The minimum absolute atomic E-state index is 0.208. The highest BCUT2D eigenvalue weighted by atomic mass is 35.5. The summed E-state index contributed by atoms with van der Waals surface area (Å²) in [6.07, 6.45) is 2.00. The van der Waals surface area contributed by atoms with E-state index in [2.05, 4.69) is 12.2 Å². The van der Waals surface area contributed by atoms with Crippen LogP contribution in [-0.2, 0) is 4.74 Å². The van der Waals surface area contributed by atoms with Gasteiger partial charge >= 0.3 is 0 Å². The molecule has 4 heteroatoms. The van der Waals surface area contributed by atoms with E-state index in [-0.39, 0.29) is 6.04 Å². The van der Waals surface area contributed by atoms with Gasteiger partial charge in [0.2, 0.25) is 0 Å². The topological polar surface area (TPSA) is 30.5 Å². The van der Waals surface area contributed by atoms with Crippen molar-refractivity contribution in [2.75, 3.05) is 26.9 Å². The average molecular weight is 286 g/mol. The molecule has 1 rings (SSSR count). The molecule has 3 nitrogen and oxygen atoms in total. The highest BCUT2D eigenvalue weighted by Crippen LogP contribution is 2.30. The molecule has 0 aliphatic rings. The normalized spacial score (nSPS) is 12.4. The SMILES string of the molecule is CCCNC(CCOCC)c1cc(Cl)ccc1OC. The Morgan fingerprint density at radius 1 is 1.32 bits per heavy atom. The molecule has 0 spiro atoms. The third-order valence-corrected chi connectivity index (χ3v) is 3.20. The molecular formula is C15H24ClNO2. The Labute approximate surface area is 121 Å². The van der Waals surface area contributed by atoms with Crippen LogP contribution in [0.2, 0.25) is 5.02 Å². The molecule has 0 bridgehead atoms. The van der Waals surface area contributed by atoms with Crippen molar-refractivity contribution in [2.45, 2.75) is 32.7 Å². The molecule has 0 aliphatic carbocycles. The molecule has 0 fully saturated rings. The van der Waals surface area contributed by atoms with Gasteiger partial charge in [-0.15, -0.1) is 0 Å². The van der Waals surface area contributed by atoms with Crippen molar-refractivity contribution in [3.05, 3.63) is 28.8 Å². The van der Waals surface area contributed by atoms with Crippen molar-refractivity contribution in [2.24, 2.45) is 0 Å². The van der Waals surface area contributed by atoms with Gasteiger partial charge in [0.05, 0.1) is 7.11 Å². The van der Waals surface area contributed by atoms with Crippen LogP contribution in [0.5, 0.6) is 5.75 Å². The van der Waals surface area contributed by atoms with Gasteiger partial charge in [0.25, 0.3) is 0 Å². The van der Waals surface area contributed by atoms with E-state index in [0.717, 1.165) is 48.9 Å². The van der Waals surface area contributed by atoms with Gasteiger partial charge in [-0.3, -0.25) is 0 Å². The van der Waals surface area contributed by atoms with Crippen LogP contribution >= 0.6 is 11.6 Å². The summed E-state index contributed by atoms with van der Waals surface area (Å²) < 4.78 is 10.9. The maximum Gasteiger partial charge on any atom is 0.123 e. The smallest absolute Gasteiger partial charge is 0.123 e. The minimum atomic E-state index is 0.208. The average Bonchev–Trinajstić information content (AvgIpc) is 2.42. The first-order valence-corrected chi connectivity index (χ1v) is 7.25. The van der Waals surface area contributed by atoms with Crippen LogP contribution in [0.3, 0.4) is 0 Å². The van der Waals surface area contributed by atoms with Gasteiger partial charge in [0.1, 0.15) is 5.75 Å². The fourth-order valence-corrected chi connectivity index (χ4v) is 2.19. The largest absolute Gasteiger partial charge is 0.496 e. The molecule has 0 saturated carbocycles. The molecular weight excluding hydrogens is 262 g/mol. The fourth-order valence-electron chi connectivity index (χ4n) is 2.01. The summed E-state index contributed by atoms with van der Waals surface area (Å²) in [6, 6.07) is 5.95. The molecule has 1 unspecified atom stereocenters. The van der Waals surface area contributed by atoms with Crippen molar-refractivity contribution < 1.29 is 9.47 Å². The number of halogens is 1. The van der Waals surface area contributed by atoms with Crippen molar-refractivity contribution in [3.63, 3.8) is 0 Å². The molecule has 0 amide bonds. The highest BCUT2D eigenvalue weighted by Gasteiger charge is 2.16. The monoisotopic (exact) mass is 285 g/mol. The molecule has 0 saturated heterocycles. The third kappa shape index (κ3) is 5.39. The van der Waals surface area contributed by atoms with Crippen LogP contribution < -0.4 is 10.1 Å². The summed E-state index contributed by atoms with van der Waals surface area (Å²) in [5, 5.41) is 4.26. The van der Waals surface area contributed by atoms with E-state index >= 15 is 0 Å². The maximum atomic E-state index is 6.10. The Morgan fingerprint density at radius 2 is 2.11 bits per heavy atom. The number of ether oxygens (including phenoxy) is 2. The van der Waals surface area contributed by atoms with Crippen LogP contribution in [0.25, 0.3) is 0 Å². The van der Waals surface area contributed by atoms with Crippen LogP contribution in [0, 0.1) is 0 Å². The second kappa shape index (κ2) is 9.18. The lowest BCUT2D eigenvalue weighted by Gasteiger charge is -2.21. The second-order valence-corrected chi connectivity index (χ2v) is 4.82. The summed E-state index contributed by atoms with van der Waals surface area (Å²) in [5.74, 6) is 0.870. The first-order valence-electron chi connectivity index (χ1n) is 6.87. The lowest BCUT2D eigenvalue weighted by molar-refractivity contribution is 0.136. The van der Waals surface area contributed by atoms with Gasteiger partial charge in [-0.05, 0) is 44.5 Å². The number of rotatable bonds is 9. The molecule has 1 aromatic rings. The Bertz CT molecular complexity index is 371. The molecule has 108 valence electrons. The molecule has 1 N–H and O–H groups in total. The summed E-state index contributed by atoms with van der Waals surface area (Å²) in [4.78, 5) is 0. The molecule has 19 heavy (non-hydrogen) atoms. The predicted octanol–water partition coefficient (Wildman–Crippen LogP) is 3.82. The zero-order valence-corrected chi connectivity index (χ0v) is 12.8. The van der Waals surface area contributed by atoms with Gasteiger partial charge in [-0.25, -0.2) is 0 Å².